The maximum atomic E-state index is 13.3. The number of benzene rings is 3. The van der Waals surface area contributed by atoms with E-state index >= 15 is 0 Å². The normalized spacial score (nSPS) is 10.6. The molecular weight excluding hydrogens is 374 g/mol. The van der Waals surface area contributed by atoms with Crippen LogP contribution >= 0.6 is 0 Å². The number of carbonyl (C=O) groups is 1. The van der Waals surface area contributed by atoms with Gasteiger partial charge in [0.15, 0.2) is 0 Å². The van der Waals surface area contributed by atoms with E-state index in [1.54, 1.807) is 18.0 Å². The fourth-order valence-electron chi connectivity index (χ4n) is 3.44. The van der Waals surface area contributed by atoms with Crippen LogP contribution in [0.25, 0.3) is 16.9 Å². The van der Waals surface area contributed by atoms with Gasteiger partial charge in [-0.1, -0.05) is 48.0 Å². The lowest BCUT2D eigenvalue weighted by molar-refractivity contribution is 0.102. The summed E-state index contributed by atoms with van der Waals surface area (Å²) in [5.41, 5.74) is 5.63. The molecule has 1 aromatic heterocycles. The second kappa shape index (κ2) is 8.25. The summed E-state index contributed by atoms with van der Waals surface area (Å²) in [4.78, 5) is 13.3. The zero-order chi connectivity index (χ0) is 21.1. The van der Waals surface area contributed by atoms with Gasteiger partial charge in [-0.25, -0.2) is 4.68 Å². The smallest absolute Gasteiger partial charge is 0.259 e. The molecule has 5 nitrogen and oxygen atoms in total. The van der Waals surface area contributed by atoms with Crippen molar-refractivity contribution in [2.75, 3.05) is 12.4 Å². The van der Waals surface area contributed by atoms with Crippen LogP contribution in [0.5, 0.6) is 5.75 Å². The lowest BCUT2D eigenvalue weighted by Gasteiger charge is -2.10. The number of aryl methyl sites for hydroxylation is 2. The van der Waals surface area contributed by atoms with Crippen molar-refractivity contribution in [3.8, 4) is 22.7 Å². The van der Waals surface area contributed by atoms with Crippen LogP contribution in [-0.2, 0) is 0 Å². The SMILES string of the molecule is COc1ccccc1-c1nn(-c2ccccc2)cc1C(=O)Nc1ccc(C)cc1C. The van der Waals surface area contributed by atoms with Crippen LogP contribution in [0.1, 0.15) is 21.5 Å². The number of hydrogen-bond donors (Lipinski definition) is 1. The van der Waals surface area contributed by atoms with Crippen LogP contribution in [0.2, 0.25) is 0 Å². The monoisotopic (exact) mass is 397 g/mol. The van der Waals surface area contributed by atoms with Gasteiger partial charge < -0.3 is 10.1 Å². The standard InChI is InChI=1S/C25H23N3O2/c1-17-13-14-22(18(2)15-17)26-25(29)21-16-28(19-9-5-4-6-10-19)27-24(21)20-11-7-8-12-23(20)30-3/h4-16H,1-3H3,(H,26,29). The molecule has 1 amide bonds. The molecule has 0 fully saturated rings. The Hall–Kier alpha value is -3.86. The fraction of sp³-hybridized carbons (Fsp3) is 0.120. The largest absolute Gasteiger partial charge is 0.496 e. The Balaban J connectivity index is 1.81. The maximum Gasteiger partial charge on any atom is 0.259 e. The average molecular weight is 397 g/mol. The molecular formula is C25H23N3O2. The summed E-state index contributed by atoms with van der Waals surface area (Å²) in [5.74, 6) is 0.446. The first-order valence-corrected chi connectivity index (χ1v) is 9.74. The summed E-state index contributed by atoms with van der Waals surface area (Å²) in [7, 11) is 1.61. The van der Waals surface area contributed by atoms with E-state index in [4.69, 9.17) is 9.84 Å². The molecule has 0 spiro atoms. The molecule has 30 heavy (non-hydrogen) atoms. The number of carbonyl (C=O) groups excluding carboxylic acids is 1. The molecule has 0 unspecified atom stereocenters. The predicted molar refractivity (Wildman–Crippen MR) is 119 cm³/mol. The second-order valence-corrected chi connectivity index (χ2v) is 7.14. The van der Waals surface area contributed by atoms with E-state index in [-0.39, 0.29) is 5.91 Å². The van der Waals surface area contributed by atoms with E-state index in [9.17, 15) is 4.79 Å². The van der Waals surface area contributed by atoms with Crippen LogP contribution < -0.4 is 10.1 Å². The number of nitrogens with one attached hydrogen (secondary N) is 1. The van der Waals surface area contributed by atoms with Gasteiger partial charge >= 0.3 is 0 Å². The maximum absolute atomic E-state index is 13.3. The van der Waals surface area contributed by atoms with E-state index in [0.29, 0.717) is 17.0 Å². The first-order chi connectivity index (χ1) is 14.6. The van der Waals surface area contributed by atoms with Crippen molar-refractivity contribution >= 4 is 11.6 Å². The Kier molecular flexibility index (Phi) is 5.35. The van der Waals surface area contributed by atoms with E-state index in [1.165, 1.54) is 0 Å². The predicted octanol–water partition coefficient (Wildman–Crippen LogP) is 5.42. The molecule has 0 aliphatic carbocycles. The molecule has 0 aliphatic heterocycles. The van der Waals surface area contributed by atoms with Crippen LogP contribution in [0.3, 0.4) is 0 Å². The third-order valence-electron chi connectivity index (χ3n) is 4.97. The molecule has 4 rings (SSSR count). The van der Waals surface area contributed by atoms with Crippen molar-refractivity contribution in [1.82, 2.24) is 9.78 Å². The Morgan fingerprint density at radius 2 is 1.70 bits per heavy atom. The number of para-hydroxylation sites is 2. The molecule has 4 aromatic rings. The minimum absolute atomic E-state index is 0.218. The summed E-state index contributed by atoms with van der Waals surface area (Å²) in [6, 6.07) is 23.3. The minimum Gasteiger partial charge on any atom is -0.496 e. The molecule has 150 valence electrons. The average Bonchev–Trinajstić information content (AvgIpc) is 3.22. The molecule has 0 saturated heterocycles. The van der Waals surface area contributed by atoms with Gasteiger partial charge in [0, 0.05) is 17.4 Å². The lowest BCUT2D eigenvalue weighted by atomic mass is 10.1. The fourth-order valence-corrected chi connectivity index (χ4v) is 3.44. The number of amides is 1. The van der Waals surface area contributed by atoms with Crippen molar-refractivity contribution in [2.45, 2.75) is 13.8 Å². The van der Waals surface area contributed by atoms with Gasteiger partial charge in [-0.15, -0.1) is 0 Å². The molecule has 0 bridgehead atoms. The number of anilines is 1. The number of nitrogens with zero attached hydrogens (tertiary/aromatic N) is 2. The molecule has 0 saturated carbocycles. The van der Waals surface area contributed by atoms with Crippen molar-refractivity contribution in [3.63, 3.8) is 0 Å². The third kappa shape index (κ3) is 3.82. The van der Waals surface area contributed by atoms with Gasteiger partial charge in [-0.05, 0) is 49.7 Å². The number of rotatable bonds is 5. The van der Waals surface area contributed by atoms with Crippen molar-refractivity contribution in [1.29, 1.82) is 0 Å². The summed E-state index contributed by atoms with van der Waals surface area (Å²) in [6.07, 6.45) is 1.76. The molecule has 0 radical (unpaired) electrons. The van der Waals surface area contributed by atoms with Gasteiger partial charge in [0.1, 0.15) is 11.4 Å². The first-order valence-electron chi connectivity index (χ1n) is 9.74. The van der Waals surface area contributed by atoms with E-state index in [1.807, 2.05) is 86.6 Å². The number of aromatic nitrogens is 2. The Bertz CT molecular complexity index is 1200. The Morgan fingerprint density at radius 3 is 2.43 bits per heavy atom. The van der Waals surface area contributed by atoms with Crippen LogP contribution in [-0.4, -0.2) is 22.8 Å². The highest BCUT2D eigenvalue weighted by Gasteiger charge is 2.21. The zero-order valence-electron chi connectivity index (χ0n) is 17.2. The van der Waals surface area contributed by atoms with Crippen molar-refractivity contribution in [3.05, 3.63) is 95.7 Å². The van der Waals surface area contributed by atoms with E-state index in [2.05, 4.69) is 5.32 Å². The molecule has 0 atom stereocenters. The minimum atomic E-state index is -0.218. The van der Waals surface area contributed by atoms with Gasteiger partial charge in [0.2, 0.25) is 0 Å². The van der Waals surface area contributed by atoms with Crippen LogP contribution in [0, 0.1) is 13.8 Å². The molecule has 1 N–H and O–H groups in total. The van der Waals surface area contributed by atoms with Crippen LogP contribution in [0.4, 0.5) is 5.69 Å². The molecule has 1 heterocycles. The van der Waals surface area contributed by atoms with Crippen molar-refractivity contribution < 1.29 is 9.53 Å². The molecule has 5 heteroatoms. The summed E-state index contributed by atoms with van der Waals surface area (Å²) < 4.78 is 7.24. The second-order valence-electron chi connectivity index (χ2n) is 7.14. The number of hydrogen-bond acceptors (Lipinski definition) is 3. The topological polar surface area (TPSA) is 56.2 Å². The Morgan fingerprint density at radius 1 is 0.967 bits per heavy atom. The lowest BCUT2D eigenvalue weighted by Crippen LogP contribution is -2.13. The van der Waals surface area contributed by atoms with Crippen molar-refractivity contribution in [2.24, 2.45) is 0 Å². The van der Waals surface area contributed by atoms with Crippen LogP contribution in [0.15, 0.2) is 79.0 Å². The quantitative estimate of drug-likeness (QED) is 0.489. The van der Waals surface area contributed by atoms with Gasteiger partial charge in [-0.3, -0.25) is 4.79 Å². The third-order valence-corrected chi connectivity index (χ3v) is 4.97. The highest BCUT2D eigenvalue weighted by molar-refractivity contribution is 6.08. The van der Waals surface area contributed by atoms with Gasteiger partial charge in [0.05, 0.1) is 18.4 Å². The highest BCUT2D eigenvalue weighted by Crippen LogP contribution is 2.32. The summed E-state index contributed by atoms with van der Waals surface area (Å²) in [6.45, 7) is 4.01. The number of methoxy groups -OCH3 is 1. The van der Waals surface area contributed by atoms with E-state index < -0.39 is 0 Å². The Labute approximate surface area is 175 Å². The highest BCUT2D eigenvalue weighted by atomic mass is 16.5. The zero-order valence-corrected chi connectivity index (χ0v) is 17.2. The summed E-state index contributed by atoms with van der Waals surface area (Å²) in [5, 5.41) is 7.77. The van der Waals surface area contributed by atoms with E-state index in [0.717, 1.165) is 28.1 Å². The van der Waals surface area contributed by atoms with Gasteiger partial charge in [-0.2, -0.15) is 5.10 Å². The van der Waals surface area contributed by atoms with Gasteiger partial charge in [0.25, 0.3) is 5.91 Å². The molecule has 0 aliphatic rings. The first kappa shape index (κ1) is 19.5. The summed E-state index contributed by atoms with van der Waals surface area (Å²) >= 11 is 0. The number of ether oxygens (including phenoxy) is 1. The molecule has 3 aromatic carbocycles.